The standard InChI is InChI=1S/C10H9N2O/c11-7-8-2-1-3-9(6-8)10-4-5-13-12-10/h1-4,6H,7,11H2. The molecule has 13 heavy (non-hydrogen) atoms. The van der Waals surface area contributed by atoms with Gasteiger partial charge in [0, 0.05) is 18.2 Å². The zero-order chi connectivity index (χ0) is 9.10. The zero-order valence-corrected chi connectivity index (χ0v) is 7.03. The minimum Gasteiger partial charge on any atom is -0.352 e. The van der Waals surface area contributed by atoms with E-state index in [1.807, 2.05) is 24.3 Å². The minimum absolute atomic E-state index is 0.537. The highest BCUT2D eigenvalue weighted by Gasteiger charge is 2.00. The van der Waals surface area contributed by atoms with Crippen molar-refractivity contribution in [1.82, 2.24) is 5.16 Å². The van der Waals surface area contributed by atoms with E-state index < -0.39 is 0 Å². The Bertz CT molecular complexity index is 382. The highest BCUT2D eigenvalue weighted by atomic mass is 16.5. The van der Waals surface area contributed by atoms with Crippen molar-refractivity contribution in [1.29, 1.82) is 0 Å². The van der Waals surface area contributed by atoms with Crippen LogP contribution in [0.1, 0.15) is 5.56 Å². The van der Waals surface area contributed by atoms with Gasteiger partial charge in [0.15, 0.2) is 0 Å². The molecule has 2 aromatic rings. The molecule has 3 nitrogen and oxygen atoms in total. The fourth-order valence-corrected chi connectivity index (χ4v) is 1.18. The van der Waals surface area contributed by atoms with Crippen LogP contribution in [0.3, 0.4) is 0 Å². The molecular weight excluding hydrogens is 164 g/mol. The molecule has 0 bridgehead atoms. The van der Waals surface area contributed by atoms with Gasteiger partial charge in [-0.2, -0.15) is 0 Å². The number of hydrogen-bond acceptors (Lipinski definition) is 3. The maximum atomic E-state index is 5.52. The van der Waals surface area contributed by atoms with Crippen molar-refractivity contribution in [3.05, 3.63) is 42.2 Å². The van der Waals surface area contributed by atoms with E-state index in [-0.39, 0.29) is 0 Å². The van der Waals surface area contributed by atoms with Crippen molar-refractivity contribution in [3.63, 3.8) is 0 Å². The molecule has 0 saturated heterocycles. The van der Waals surface area contributed by atoms with E-state index in [0.717, 1.165) is 16.8 Å². The van der Waals surface area contributed by atoms with Gasteiger partial charge in [0.25, 0.3) is 0 Å². The summed E-state index contributed by atoms with van der Waals surface area (Å²) in [5.74, 6) is 0. The Balaban J connectivity index is 2.41. The van der Waals surface area contributed by atoms with E-state index in [0.29, 0.717) is 6.54 Å². The summed E-state index contributed by atoms with van der Waals surface area (Å²) in [5.41, 5.74) is 8.40. The molecule has 3 heteroatoms. The Morgan fingerprint density at radius 1 is 1.46 bits per heavy atom. The second-order valence-corrected chi connectivity index (χ2v) is 2.73. The summed E-state index contributed by atoms with van der Waals surface area (Å²) in [6.45, 7) is 0.537. The molecule has 2 rings (SSSR count). The summed E-state index contributed by atoms with van der Waals surface area (Å²) < 4.78 is 4.64. The van der Waals surface area contributed by atoms with Gasteiger partial charge in [0.1, 0.15) is 5.69 Å². The monoisotopic (exact) mass is 173 g/mol. The van der Waals surface area contributed by atoms with Gasteiger partial charge in [0.2, 0.25) is 6.26 Å². The molecule has 0 aliphatic carbocycles. The quantitative estimate of drug-likeness (QED) is 0.750. The summed E-state index contributed by atoms with van der Waals surface area (Å²) in [4.78, 5) is 0. The van der Waals surface area contributed by atoms with Gasteiger partial charge in [-0.25, -0.2) is 0 Å². The van der Waals surface area contributed by atoms with Crippen molar-refractivity contribution < 1.29 is 4.52 Å². The van der Waals surface area contributed by atoms with E-state index in [1.54, 1.807) is 6.07 Å². The first kappa shape index (κ1) is 8.01. The molecule has 1 aromatic heterocycles. The van der Waals surface area contributed by atoms with Crippen LogP contribution in [-0.4, -0.2) is 5.16 Å². The lowest BCUT2D eigenvalue weighted by molar-refractivity contribution is 0.415. The van der Waals surface area contributed by atoms with Gasteiger partial charge in [-0.1, -0.05) is 23.4 Å². The summed E-state index contributed by atoms with van der Waals surface area (Å²) in [6, 6.07) is 9.59. The first-order valence-corrected chi connectivity index (χ1v) is 4.02. The minimum atomic E-state index is 0.537. The largest absolute Gasteiger partial charge is 0.352 e. The topological polar surface area (TPSA) is 52.0 Å². The predicted molar refractivity (Wildman–Crippen MR) is 48.7 cm³/mol. The number of hydrogen-bond donors (Lipinski definition) is 1. The second-order valence-electron chi connectivity index (χ2n) is 2.73. The molecule has 65 valence electrons. The Kier molecular flexibility index (Phi) is 2.10. The summed E-state index contributed by atoms with van der Waals surface area (Å²) in [7, 11) is 0. The van der Waals surface area contributed by atoms with Crippen molar-refractivity contribution in [3.8, 4) is 11.3 Å². The van der Waals surface area contributed by atoms with Crippen molar-refractivity contribution in [2.45, 2.75) is 6.54 Å². The lowest BCUT2D eigenvalue weighted by Crippen LogP contribution is -1.95. The smallest absolute Gasteiger partial charge is 0.205 e. The van der Waals surface area contributed by atoms with Gasteiger partial charge >= 0.3 is 0 Å². The maximum absolute atomic E-state index is 5.52. The van der Waals surface area contributed by atoms with E-state index in [4.69, 9.17) is 5.73 Å². The predicted octanol–water partition coefficient (Wildman–Crippen LogP) is 1.60. The Labute approximate surface area is 76.2 Å². The van der Waals surface area contributed by atoms with Gasteiger partial charge in [0.05, 0.1) is 0 Å². The lowest BCUT2D eigenvalue weighted by atomic mass is 10.1. The molecule has 0 amide bonds. The summed E-state index contributed by atoms with van der Waals surface area (Å²) >= 11 is 0. The number of benzene rings is 1. The second kappa shape index (κ2) is 3.41. The van der Waals surface area contributed by atoms with Gasteiger partial charge in [-0.05, 0) is 11.6 Å². The SMILES string of the molecule is NCc1cccc(-c2c[c]on2)c1. The van der Waals surface area contributed by atoms with E-state index in [2.05, 4.69) is 15.9 Å². The molecule has 0 unspecified atom stereocenters. The summed E-state index contributed by atoms with van der Waals surface area (Å²) in [5, 5.41) is 3.79. The zero-order valence-electron chi connectivity index (χ0n) is 7.03. The van der Waals surface area contributed by atoms with Crippen LogP contribution in [0.15, 0.2) is 34.9 Å². The molecule has 0 spiro atoms. The van der Waals surface area contributed by atoms with Crippen LogP contribution in [0.25, 0.3) is 11.3 Å². The molecule has 0 aliphatic heterocycles. The summed E-state index contributed by atoms with van der Waals surface area (Å²) in [6.07, 6.45) is 2.55. The van der Waals surface area contributed by atoms with Crippen LogP contribution in [0.4, 0.5) is 0 Å². The lowest BCUT2D eigenvalue weighted by Gasteiger charge is -1.98. The first-order valence-electron chi connectivity index (χ1n) is 4.02. The molecule has 2 N–H and O–H groups in total. The fraction of sp³-hybridized carbons (Fsp3) is 0.100. The third-order valence-electron chi connectivity index (χ3n) is 1.85. The van der Waals surface area contributed by atoms with Crippen LogP contribution in [0.2, 0.25) is 0 Å². The van der Waals surface area contributed by atoms with Crippen LogP contribution in [-0.2, 0) is 6.54 Å². The van der Waals surface area contributed by atoms with Crippen LogP contribution < -0.4 is 5.73 Å². The third-order valence-corrected chi connectivity index (χ3v) is 1.85. The molecule has 1 aromatic carbocycles. The van der Waals surface area contributed by atoms with Crippen molar-refractivity contribution in [2.75, 3.05) is 0 Å². The molecule has 0 atom stereocenters. The van der Waals surface area contributed by atoms with Gasteiger partial charge < -0.3 is 10.3 Å². The average Bonchev–Trinajstić information content (AvgIpc) is 2.71. The van der Waals surface area contributed by atoms with Crippen molar-refractivity contribution in [2.24, 2.45) is 5.73 Å². The molecule has 0 aliphatic rings. The van der Waals surface area contributed by atoms with E-state index >= 15 is 0 Å². The Morgan fingerprint density at radius 2 is 2.38 bits per heavy atom. The molecule has 1 radical (unpaired) electrons. The van der Waals surface area contributed by atoms with Crippen LogP contribution in [0.5, 0.6) is 0 Å². The van der Waals surface area contributed by atoms with Gasteiger partial charge in [-0.3, -0.25) is 0 Å². The highest BCUT2D eigenvalue weighted by molar-refractivity contribution is 5.58. The number of rotatable bonds is 2. The molecule has 0 fully saturated rings. The fourth-order valence-electron chi connectivity index (χ4n) is 1.18. The highest BCUT2D eigenvalue weighted by Crippen LogP contribution is 2.17. The van der Waals surface area contributed by atoms with E-state index in [1.165, 1.54) is 0 Å². The number of nitrogens with zero attached hydrogens (tertiary/aromatic N) is 1. The van der Waals surface area contributed by atoms with E-state index in [9.17, 15) is 0 Å². The third kappa shape index (κ3) is 1.60. The van der Waals surface area contributed by atoms with Crippen molar-refractivity contribution >= 4 is 0 Å². The Morgan fingerprint density at radius 3 is 3.08 bits per heavy atom. The normalized spacial score (nSPS) is 10.2. The maximum Gasteiger partial charge on any atom is 0.205 e. The number of aromatic nitrogens is 1. The van der Waals surface area contributed by atoms with Gasteiger partial charge in [-0.15, -0.1) is 0 Å². The molecule has 0 saturated carbocycles. The van der Waals surface area contributed by atoms with Crippen LogP contribution in [0, 0.1) is 6.26 Å². The first-order chi connectivity index (χ1) is 6.40. The molecular formula is C10H9N2O. The van der Waals surface area contributed by atoms with Crippen LogP contribution >= 0.6 is 0 Å². The molecule has 1 heterocycles. The Hall–Kier alpha value is -1.61. The average molecular weight is 173 g/mol. The number of nitrogens with two attached hydrogens (primary N) is 1.